The smallest absolute Gasteiger partial charge is 0.337 e. The molecule has 37 heavy (non-hydrogen) atoms. The minimum absolute atomic E-state index is 0.0158. The molecule has 1 aromatic heterocycles. The van der Waals surface area contributed by atoms with Crippen LogP contribution in [0.15, 0.2) is 77.8 Å². The summed E-state index contributed by atoms with van der Waals surface area (Å²) < 4.78 is 4.82. The zero-order valence-electron chi connectivity index (χ0n) is 20.9. The maximum absolute atomic E-state index is 12.0. The molecular formula is C29H30N4O4. The van der Waals surface area contributed by atoms with E-state index in [4.69, 9.17) is 9.73 Å². The molecule has 4 N–H and O–H groups in total. The number of fused-ring (bicyclic) bond motifs is 1. The van der Waals surface area contributed by atoms with Crippen molar-refractivity contribution in [3.8, 4) is 5.88 Å². The van der Waals surface area contributed by atoms with Crippen LogP contribution >= 0.6 is 0 Å². The van der Waals surface area contributed by atoms with Gasteiger partial charge >= 0.3 is 5.97 Å². The topological polar surface area (TPSA) is 116 Å². The first-order valence-electron chi connectivity index (χ1n) is 12.1. The number of benzene rings is 3. The van der Waals surface area contributed by atoms with Crippen molar-refractivity contribution in [1.29, 1.82) is 0 Å². The highest BCUT2D eigenvalue weighted by molar-refractivity contribution is 6.22. The molecule has 1 heterocycles. The first kappa shape index (κ1) is 25.7. The van der Waals surface area contributed by atoms with Crippen molar-refractivity contribution in [3.05, 3.63) is 95.1 Å². The number of rotatable bonds is 10. The number of nitrogens with zero attached hydrogens (tertiary/aromatic N) is 1. The largest absolute Gasteiger partial charge is 0.494 e. The highest BCUT2D eigenvalue weighted by Crippen LogP contribution is 2.32. The third kappa shape index (κ3) is 6.42. The molecule has 0 saturated heterocycles. The monoisotopic (exact) mass is 498 g/mol. The van der Waals surface area contributed by atoms with Gasteiger partial charge in [-0.1, -0.05) is 48.5 Å². The third-order valence-corrected chi connectivity index (χ3v) is 5.89. The van der Waals surface area contributed by atoms with Crippen molar-refractivity contribution < 1.29 is 19.4 Å². The molecule has 0 saturated carbocycles. The van der Waals surface area contributed by atoms with E-state index in [-0.39, 0.29) is 11.8 Å². The lowest BCUT2D eigenvalue weighted by atomic mass is 10.00. The number of hydrogen-bond acceptors (Lipinski definition) is 6. The summed E-state index contributed by atoms with van der Waals surface area (Å²) in [5.41, 5.74) is 4.87. The number of methoxy groups -OCH3 is 1. The fourth-order valence-electron chi connectivity index (χ4n) is 4.06. The maximum Gasteiger partial charge on any atom is 0.337 e. The molecule has 0 bridgehead atoms. The molecule has 8 heteroatoms. The van der Waals surface area contributed by atoms with Gasteiger partial charge in [0.15, 0.2) is 5.88 Å². The quantitative estimate of drug-likeness (QED) is 0.147. The molecular weight excluding hydrogens is 468 g/mol. The highest BCUT2D eigenvalue weighted by atomic mass is 16.5. The summed E-state index contributed by atoms with van der Waals surface area (Å²) >= 11 is 0. The van der Waals surface area contributed by atoms with Gasteiger partial charge in [-0.05, 0) is 42.8 Å². The lowest BCUT2D eigenvalue weighted by Gasteiger charge is -2.09. The summed E-state index contributed by atoms with van der Waals surface area (Å²) in [6.45, 7) is 3.68. The van der Waals surface area contributed by atoms with Gasteiger partial charge in [0, 0.05) is 36.5 Å². The van der Waals surface area contributed by atoms with Crippen molar-refractivity contribution in [2.45, 2.75) is 19.9 Å². The van der Waals surface area contributed by atoms with Crippen molar-refractivity contribution >= 4 is 34.2 Å². The molecule has 0 atom stereocenters. The van der Waals surface area contributed by atoms with Crippen LogP contribution in [0.25, 0.3) is 10.9 Å². The number of hydrogen-bond donors (Lipinski definition) is 4. The van der Waals surface area contributed by atoms with Gasteiger partial charge in [0.25, 0.3) is 0 Å². The molecule has 0 aliphatic rings. The molecule has 3 aromatic carbocycles. The molecule has 4 rings (SSSR count). The normalized spacial score (nSPS) is 11.5. The Balaban J connectivity index is 1.60. The Morgan fingerprint density at radius 2 is 1.73 bits per heavy atom. The van der Waals surface area contributed by atoms with Crippen LogP contribution in [0.5, 0.6) is 5.88 Å². The zero-order valence-corrected chi connectivity index (χ0v) is 20.9. The Kier molecular flexibility index (Phi) is 8.33. The van der Waals surface area contributed by atoms with Gasteiger partial charge in [0.1, 0.15) is 0 Å². The van der Waals surface area contributed by atoms with E-state index in [1.165, 1.54) is 14.0 Å². The first-order chi connectivity index (χ1) is 18.0. The number of carbonyl (C=O) groups excluding carboxylic acids is 2. The van der Waals surface area contributed by atoms with E-state index in [1.54, 1.807) is 18.2 Å². The number of amides is 1. The van der Waals surface area contributed by atoms with Gasteiger partial charge in [-0.3, -0.25) is 4.79 Å². The van der Waals surface area contributed by atoms with E-state index in [9.17, 15) is 14.7 Å². The molecule has 4 aromatic rings. The van der Waals surface area contributed by atoms with E-state index in [0.717, 1.165) is 35.2 Å². The second kappa shape index (κ2) is 12.0. The van der Waals surface area contributed by atoms with E-state index >= 15 is 0 Å². The summed E-state index contributed by atoms with van der Waals surface area (Å²) in [7, 11) is 1.33. The standard InChI is InChI=1S/C29H30N4O4/c1-19(34)31-16-6-15-30-18-20-9-12-23(13-10-20)32-27(21-7-4-3-5-8-21)26-24-14-11-22(29(36)37-2)17-25(24)33-28(26)35/h3-5,7-14,17,30,33,35H,6,15-16,18H2,1-2H3,(H,31,34). The Morgan fingerprint density at radius 3 is 2.43 bits per heavy atom. The van der Waals surface area contributed by atoms with E-state index in [2.05, 4.69) is 15.6 Å². The van der Waals surface area contributed by atoms with Crippen LogP contribution in [-0.4, -0.2) is 47.9 Å². The first-order valence-corrected chi connectivity index (χ1v) is 12.1. The number of aromatic nitrogens is 1. The Hall–Kier alpha value is -4.43. The second-order valence-electron chi connectivity index (χ2n) is 8.61. The van der Waals surface area contributed by atoms with Crippen LogP contribution in [0, 0.1) is 0 Å². The second-order valence-corrected chi connectivity index (χ2v) is 8.61. The predicted octanol–water partition coefficient (Wildman–Crippen LogP) is 4.45. The van der Waals surface area contributed by atoms with E-state index in [1.807, 2.05) is 54.6 Å². The van der Waals surface area contributed by atoms with Gasteiger partial charge < -0.3 is 25.5 Å². The fraction of sp³-hybridized carbons (Fsp3) is 0.207. The molecule has 1 amide bonds. The summed E-state index contributed by atoms with van der Waals surface area (Å²) in [6.07, 6.45) is 0.859. The summed E-state index contributed by atoms with van der Waals surface area (Å²) in [4.78, 5) is 30.8. The molecule has 0 fully saturated rings. The zero-order chi connectivity index (χ0) is 26.2. The lowest BCUT2D eigenvalue weighted by Crippen LogP contribution is -2.24. The van der Waals surface area contributed by atoms with Crippen molar-refractivity contribution in [1.82, 2.24) is 15.6 Å². The number of esters is 1. The Labute approximate surface area is 215 Å². The van der Waals surface area contributed by atoms with Gasteiger partial charge in [-0.15, -0.1) is 0 Å². The predicted molar refractivity (Wildman–Crippen MR) is 144 cm³/mol. The number of carbonyl (C=O) groups is 2. The molecule has 0 unspecified atom stereocenters. The summed E-state index contributed by atoms with van der Waals surface area (Å²) in [6, 6.07) is 22.7. The molecule has 0 aliphatic carbocycles. The van der Waals surface area contributed by atoms with Crippen molar-refractivity contribution in [2.24, 2.45) is 4.99 Å². The average Bonchev–Trinajstić information content (AvgIpc) is 3.24. The van der Waals surface area contributed by atoms with Crippen LogP contribution < -0.4 is 10.6 Å². The number of nitrogens with one attached hydrogen (secondary N) is 3. The minimum atomic E-state index is -0.447. The van der Waals surface area contributed by atoms with Crippen molar-refractivity contribution in [3.63, 3.8) is 0 Å². The van der Waals surface area contributed by atoms with Gasteiger partial charge in [0.05, 0.1) is 29.6 Å². The van der Waals surface area contributed by atoms with Crippen LogP contribution in [0.2, 0.25) is 0 Å². The molecule has 0 aliphatic heterocycles. The number of aromatic amines is 1. The summed E-state index contributed by atoms with van der Waals surface area (Å²) in [5, 5.41) is 17.8. The Bertz CT molecular complexity index is 1410. The minimum Gasteiger partial charge on any atom is -0.494 e. The van der Waals surface area contributed by atoms with Gasteiger partial charge in [-0.25, -0.2) is 9.79 Å². The SMILES string of the molecule is COC(=O)c1ccc2c(C(=Nc3ccc(CNCCCNC(C)=O)cc3)c3ccccc3)c(O)[nH]c2c1. The van der Waals surface area contributed by atoms with E-state index < -0.39 is 5.97 Å². The van der Waals surface area contributed by atoms with Crippen LogP contribution in [0.1, 0.15) is 40.4 Å². The Morgan fingerprint density at radius 1 is 0.973 bits per heavy atom. The number of ether oxygens (including phenoxy) is 1. The number of aliphatic imine (C=N–C) groups is 1. The molecule has 0 spiro atoms. The molecule has 190 valence electrons. The number of H-pyrrole nitrogens is 1. The van der Waals surface area contributed by atoms with Gasteiger partial charge in [-0.2, -0.15) is 0 Å². The van der Waals surface area contributed by atoms with Crippen LogP contribution in [-0.2, 0) is 16.1 Å². The molecule has 8 nitrogen and oxygen atoms in total. The van der Waals surface area contributed by atoms with Crippen molar-refractivity contribution in [2.75, 3.05) is 20.2 Å². The number of aromatic hydroxyl groups is 1. The average molecular weight is 499 g/mol. The van der Waals surface area contributed by atoms with Crippen LogP contribution in [0.4, 0.5) is 5.69 Å². The summed E-state index contributed by atoms with van der Waals surface area (Å²) in [5.74, 6) is -0.491. The fourth-order valence-corrected chi connectivity index (χ4v) is 4.06. The van der Waals surface area contributed by atoms with Crippen LogP contribution in [0.3, 0.4) is 0 Å². The highest BCUT2D eigenvalue weighted by Gasteiger charge is 2.20. The third-order valence-electron chi connectivity index (χ3n) is 5.89. The molecule has 0 radical (unpaired) electrons. The lowest BCUT2D eigenvalue weighted by molar-refractivity contribution is -0.118. The van der Waals surface area contributed by atoms with E-state index in [0.29, 0.717) is 35.4 Å². The van der Waals surface area contributed by atoms with Gasteiger partial charge in [0.2, 0.25) is 5.91 Å². The maximum atomic E-state index is 12.0.